The smallest absolute Gasteiger partial charge is 0.238 e. The van der Waals surface area contributed by atoms with E-state index in [2.05, 4.69) is 18.8 Å². The lowest BCUT2D eigenvalue weighted by Gasteiger charge is -2.04. The number of nitrogens with zero attached hydrogens (tertiary/aromatic N) is 1. The Morgan fingerprint density at radius 3 is 2.27 bits per heavy atom. The number of rotatable bonds is 4. The summed E-state index contributed by atoms with van der Waals surface area (Å²) in [6.45, 7) is 4.36. The van der Waals surface area contributed by atoms with Crippen LogP contribution < -0.4 is 5.14 Å². The summed E-state index contributed by atoms with van der Waals surface area (Å²) in [5, 5.41) is 5.18. The molecule has 0 bridgehead atoms. The molecular weight excluding hydrogens is 348 g/mol. The Morgan fingerprint density at radius 2 is 1.65 bits per heavy atom. The minimum absolute atomic E-state index is 0.0105. The van der Waals surface area contributed by atoms with Crippen LogP contribution in [-0.2, 0) is 10.0 Å². The maximum absolute atomic E-state index is 11.4. The highest BCUT2D eigenvalue weighted by molar-refractivity contribution is 7.89. The topological polar surface area (TPSA) is 86.2 Å². The Hall–Kier alpha value is -2.44. The van der Waals surface area contributed by atoms with Crippen LogP contribution in [0.15, 0.2) is 70.1 Å². The average Bonchev–Trinajstić information content (AvgIpc) is 2.95. The molecular formula is C20H20N2O3S. The number of benzene rings is 2. The summed E-state index contributed by atoms with van der Waals surface area (Å²) in [6.07, 6.45) is 1.80. The molecule has 1 unspecified atom stereocenters. The average molecular weight is 368 g/mol. The number of primary sulfonamides is 1. The summed E-state index contributed by atoms with van der Waals surface area (Å²) in [6, 6.07) is 16.6. The van der Waals surface area contributed by atoms with Gasteiger partial charge in [0.1, 0.15) is 5.76 Å². The van der Waals surface area contributed by atoms with Gasteiger partial charge in [-0.2, -0.15) is 0 Å². The van der Waals surface area contributed by atoms with Crippen molar-refractivity contribution in [2.24, 2.45) is 10.6 Å². The van der Waals surface area contributed by atoms with Crippen molar-refractivity contribution in [3.8, 4) is 11.5 Å². The van der Waals surface area contributed by atoms with E-state index >= 15 is 0 Å². The highest BCUT2D eigenvalue weighted by Crippen LogP contribution is 2.70. The van der Waals surface area contributed by atoms with Crippen molar-refractivity contribution < 1.29 is 12.8 Å². The molecule has 5 nitrogen and oxygen atoms in total. The Labute approximate surface area is 152 Å². The van der Waals surface area contributed by atoms with E-state index in [4.69, 9.17) is 9.56 Å². The number of aromatic nitrogens is 1. The van der Waals surface area contributed by atoms with Gasteiger partial charge in [0.25, 0.3) is 0 Å². The third kappa shape index (κ3) is 2.85. The maximum Gasteiger partial charge on any atom is 0.238 e. The SMILES string of the molecule is CC1(C)C(c2ccc(S(N)(=O)=O)cc2)[C@H]1c1cnc(-c2ccccc2)o1. The van der Waals surface area contributed by atoms with Crippen molar-refractivity contribution in [3.05, 3.63) is 72.1 Å². The van der Waals surface area contributed by atoms with Gasteiger partial charge in [-0.15, -0.1) is 0 Å². The van der Waals surface area contributed by atoms with E-state index in [1.54, 1.807) is 18.3 Å². The second-order valence-electron chi connectivity index (χ2n) is 7.32. The van der Waals surface area contributed by atoms with Gasteiger partial charge in [0.15, 0.2) is 0 Å². The number of nitrogens with two attached hydrogens (primary N) is 1. The Balaban J connectivity index is 1.62. The van der Waals surface area contributed by atoms with E-state index in [0.717, 1.165) is 16.9 Å². The van der Waals surface area contributed by atoms with E-state index in [9.17, 15) is 8.42 Å². The zero-order chi connectivity index (χ0) is 18.5. The van der Waals surface area contributed by atoms with Gasteiger partial charge in [-0.3, -0.25) is 0 Å². The van der Waals surface area contributed by atoms with Crippen molar-refractivity contribution in [1.82, 2.24) is 4.98 Å². The molecule has 1 aliphatic carbocycles. The highest BCUT2D eigenvalue weighted by atomic mass is 32.2. The molecule has 1 fully saturated rings. The van der Waals surface area contributed by atoms with Gasteiger partial charge in [-0.05, 0) is 35.2 Å². The minimum atomic E-state index is -3.68. The normalized spacial score (nSPS) is 21.5. The Morgan fingerprint density at radius 1 is 1.00 bits per heavy atom. The van der Waals surface area contributed by atoms with Crippen molar-refractivity contribution in [3.63, 3.8) is 0 Å². The van der Waals surface area contributed by atoms with E-state index < -0.39 is 10.0 Å². The maximum atomic E-state index is 11.4. The highest BCUT2D eigenvalue weighted by Gasteiger charge is 2.60. The van der Waals surface area contributed by atoms with Crippen LogP contribution in [0.1, 0.15) is 37.0 Å². The van der Waals surface area contributed by atoms with Crippen molar-refractivity contribution in [1.29, 1.82) is 0 Å². The van der Waals surface area contributed by atoms with Crippen LogP contribution in [0, 0.1) is 5.41 Å². The van der Waals surface area contributed by atoms with Crippen LogP contribution in [0.2, 0.25) is 0 Å². The second-order valence-corrected chi connectivity index (χ2v) is 8.89. The standard InChI is InChI=1S/C20H20N2O3S/c1-20(2)17(13-8-10-15(11-9-13)26(21,23)24)18(20)16-12-22-19(25-16)14-6-4-3-5-7-14/h3-12,17-18H,1-2H3,(H2,21,23,24)/t17?,18-/m1/s1. The molecule has 1 heterocycles. The first-order valence-corrected chi connectivity index (χ1v) is 9.97. The van der Waals surface area contributed by atoms with Gasteiger partial charge >= 0.3 is 0 Å². The summed E-state index contributed by atoms with van der Waals surface area (Å²) in [5.41, 5.74) is 2.03. The molecule has 134 valence electrons. The van der Waals surface area contributed by atoms with Gasteiger partial charge in [0.05, 0.1) is 11.1 Å². The fraction of sp³-hybridized carbons (Fsp3) is 0.250. The predicted octanol–water partition coefficient (Wildman–Crippen LogP) is 3.90. The molecule has 2 aromatic carbocycles. The summed E-state index contributed by atoms with van der Waals surface area (Å²) < 4.78 is 28.9. The number of oxazole rings is 1. The van der Waals surface area contributed by atoms with E-state index in [-0.39, 0.29) is 22.1 Å². The zero-order valence-corrected chi connectivity index (χ0v) is 15.4. The summed E-state index contributed by atoms with van der Waals surface area (Å²) in [7, 11) is -3.68. The third-order valence-electron chi connectivity index (χ3n) is 5.25. The molecule has 0 radical (unpaired) electrons. The van der Waals surface area contributed by atoms with E-state index in [0.29, 0.717) is 5.89 Å². The first kappa shape index (κ1) is 17.0. The van der Waals surface area contributed by atoms with Crippen LogP contribution in [0.5, 0.6) is 0 Å². The van der Waals surface area contributed by atoms with Gasteiger partial charge in [0, 0.05) is 17.4 Å². The van der Waals surface area contributed by atoms with E-state index in [1.165, 1.54) is 0 Å². The molecule has 6 heteroatoms. The number of hydrogen-bond acceptors (Lipinski definition) is 4. The number of sulfonamides is 1. The second kappa shape index (κ2) is 5.79. The molecule has 2 N–H and O–H groups in total. The fourth-order valence-corrected chi connectivity index (χ4v) is 4.32. The molecule has 0 aliphatic heterocycles. The lowest BCUT2D eigenvalue weighted by Crippen LogP contribution is -2.11. The lowest BCUT2D eigenvalue weighted by atomic mass is 10.0. The Bertz CT molecular complexity index is 1040. The molecule has 4 rings (SSSR count). The van der Waals surface area contributed by atoms with Gasteiger partial charge < -0.3 is 4.42 Å². The van der Waals surface area contributed by atoms with Crippen molar-refractivity contribution >= 4 is 10.0 Å². The zero-order valence-electron chi connectivity index (χ0n) is 14.6. The lowest BCUT2D eigenvalue weighted by molar-refractivity contribution is 0.489. The molecule has 26 heavy (non-hydrogen) atoms. The molecule has 1 saturated carbocycles. The van der Waals surface area contributed by atoms with Crippen LogP contribution in [0.25, 0.3) is 11.5 Å². The molecule has 1 aliphatic rings. The van der Waals surface area contributed by atoms with Crippen molar-refractivity contribution in [2.75, 3.05) is 0 Å². The largest absolute Gasteiger partial charge is 0.441 e. The molecule has 0 amide bonds. The quantitative estimate of drug-likeness (QED) is 0.757. The van der Waals surface area contributed by atoms with Crippen LogP contribution in [0.3, 0.4) is 0 Å². The number of hydrogen-bond donors (Lipinski definition) is 1. The Kier molecular flexibility index (Phi) is 3.78. The predicted molar refractivity (Wildman–Crippen MR) is 99.0 cm³/mol. The molecule has 0 spiro atoms. The first-order valence-electron chi connectivity index (χ1n) is 8.42. The monoisotopic (exact) mass is 368 g/mol. The summed E-state index contributed by atoms with van der Waals surface area (Å²) >= 11 is 0. The molecule has 3 aromatic rings. The minimum Gasteiger partial charge on any atom is -0.441 e. The fourth-order valence-electron chi connectivity index (χ4n) is 3.80. The van der Waals surface area contributed by atoms with Crippen LogP contribution >= 0.6 is 0 Å². The van der Waals surface area contributed by atoms with Crippen LogP contribution in [0.4, 0.5) is 0 Å². The van der Waals surface area contributed by atoms with Gasteiger partial charge in [0.2, 0.25) is 15.9 Å². The molecule has 1 aromatic heterocycles. The van der Waals surface area contributed by atoms with E-state index in [1.807, 2.05) is 42.5 Å². The summed E-state index contributed by atoms with van der Waals surface area (Å²) in [4.78, 5) is 4.55. The van der Waals surface area contributed by atoms with Gasteiger partial charge in [-0.25, -0.2) is 18.5 Å². The third-order valence-corrected chi connectivity index (χ3v) is 6.18. The van der Waals surface area contributed by atoms with Gasteiger partial charge in [-0.1, -0.05) is 44.2 Å². The molecule has 2 atom stereocenters. The van der Waals surface area contributed by atoms with Crippen LogP contribution in [-0.4, -0.2) is 13.4 Å². The summed E-state index contributed by atoms with van der Waals surface area (Å²) in [5.74, 6) is 1.92. The molecule has 0 saturated heterocycles. The first-order chi connectivity index (χ1) is 12.3. The van der Waals surface area contributed by atoms with Crippen molar-refractivity contribution in [2.45, 2.75) is 30.6 Å².